The van der Waals surface area contributed by atoms with Crippen molar-refractivity contribution in [1.29, 1.82) is 0 Å². The van der Waals surface area contributed by atoms with Crippen molar-refractivity contribution in [2.24, 2.45) is 0 Å². The first kappa shape index (κ1) is 6.41. The number of nitrogens with zero attached hydrogens (tertiary/aromatic N) is 3. The summed E-state index contributed by atoms with van der Waals surface area (Å²) in [6.45, 7) is 1.80. The van der Waals surface area contributed by atoms with Gasteiger partial charge < -0.3 is 5.73 Å². The quantitative estimate of drug-likeness (QED) is 0.646. The van der Waals surface area contributed by atoms with Gasteiger partial charge in [-0.2, -0.15) is 0 Å². The molecule has 2 N–H and O–H groups in total. The Labute approximate surface area is 60.6 Å². The smallest absolute Gasteiger partial charge is 0.241 e. The maximum atomic E-state index is 5.21. The molecular weight excluding hydrogens is 184 g/mol. The third-order valence-electron chi connectivity index (χ3n) is 0.814. The van der Waals surface area contributed by atoms with E-state index in [1.54, 1.807) is 6.92 Å². The van der Waals surface area contributed by atoms with E-state index in [-0.39, 0.29) is 5.95 Å². The summed E-state index contributed by atoms with van der Waals surface area (Å²) >= 11 is 3.15. The summed E-state index contributed by atoms with van der Waals surface area (Å²) in [5.41, 5.74) is 5.95. The molecule has 0 bridgehead atoms. The molecule has 1 aromatic heterocycles. The summed E-state index contributed by atoms with van der Waals surface area (Å²) in [5, 5.41) is 7.22. The molecule has 5 heteroatoms. The lowest BCUT2D eigenvalue weighted by Crippen LogP contribution is -1.99. The molecule has 1 aromatic rings. The molecule has 1 rings (SSSR count). The van der Waals surface area contributed by atoms with Gasteiger partial charge in [-0.05, 0) is 22.9 Å². The van der Waals surface area contributed by atoms with Crippen LogP contribution in [-0.2, 0) is 0 Å². The van der Waals surface area contributed by atoms with E-state index in [1.807, 2.05) is 0 Å². The normalized spacial score (nSPS) is 9.56. The fourth-order valence-corrected chi connectivity index (χ4v) is 0.632. The first-order valence-electron chi connectivity index (χ1n) is 2.32. The third kappa shape index (κ3) is 1.35. The number of rotatable bonds is 0. The van der Waals surface area contributed by atoms with Gasteiger partial charge in [0.15, 0.2) is 0 Å². The van der Waals surface area contributed by atoms with E-state index < -0.39 is 0 Å². The van der Waals surface area contributed by atoms with E-state index in [0.717, 1.165) is 5.69 Å². The molecule has 9 heavy (non-hydrogen) atoms. The standard InChI is InChI=1S/C4H5BrN4/c1-2-3(5)7-4(6)9-8-2/h1H3,(H2,6,7,9). The monoisotopic (exact) mass is 188 g/mol. The lowest BCUT2D eigenvalue weighted by Gasteiger charge is -1.92. The van der Waals surface area contributed by atoms with Gasteiger partial charge in [-0.25, -0.2) is 4.98 Å². The molecule has 0 fully saturated rings. The fourth-order valence-electron chi connectivity index (χ4n) is 0.371. The Bertz CT molecular complexity index is 224. The maximum absolute atomic E-state index is 5.21. The number of halogens is 1. The Balaban J connectivity index is 3.17. The molecule has 4 nitrogen and oxygen atoms in total. The van der Waals surface area contributed by atoms with Crippen LogP contribution >= 0.6 is 15.9 Å². The van der Waals surface area contributed by atoms with Crippen LogP contribution in [-0.4, -0.2) is 15.2 Å². The van der Waals surface area contributed by atoms with Gasteiger partial charge in [-0.3, -0.25) is 0 Å². The van der Waals surface area contributed by atoms with Crippen molar-refractivity contribution in [2.75, 3.05) is 5.73 Å². The first-order valence-corrected chi connectivity index (χ1v) is 3.12. The highest BCUT2D eigenvalue weighted by atomic mass is 79.9. The predicted molar refractivity (Wildman–Crippen MR) is 36.7 cm³/mol. The Morgan fingerprint density at radius 3 is 2.56 bits per heavy atom. The zero-order chi connectivity index (χ0) is 6.85. The number of nitrogens with two attached hydrogens (primary N) is 1. The second kappa shape index (κ2) is 2.26. The molecule has 48 valence electrons. The van der Waals surface area contributed by atoms with Gasteiger partial charge >= 0.3 is 0 Å². The minimum absolute atomic E-state index is 0.187. The molecule has 0 unspecified atom stereocenters. The minimum atomic E-state index is 0.187. The number of nitrogen functional groups attached to an aromatic ring is 1. The highest BCUT2D eigenvalue weighted by Gasteiger charge is 1.96. The van der Waals surface area contributed by atoms with Crippen LogP contribution < -0.4 is 5.73 Å². The van der Waals surface area contributed by atoms with Crippen molar-refractivity contribution < 1.29 is 0 Å². The van der Waals surface area contributed by atoms with Gasteiger partial charge in [0.25, 0.3) is 0 Å². The number of hydrogen-bond donors (Lipinski definition) is 1. The summed E-state index contributed by atoms with van der Waals surface area (Å²) < 4.78 is 0.648. The second-order valence-electron chi connectivity index (χ2n) is 1.55. The maximum Gasteiger partial charge on any atom is 0.241 e. The predicted octanol–water partition coefficient (Wildman–Crippen LogP) is 0.525. The zero-order valence-electron chi connectivity index (χ0n) is 4.80. The second-order valence-corrected chi connectivity index (χ2v) is 2.30. The molecule has 0 aromatic carbocycles. The Hall–Kier alpha value is -0.710. The van der Waals surface area contributed by atoms with Gasteiger partial charge in [-0.1, -0.05) is 0 Å². The molecule has 0 radical (unpaired) electrons. The minimum Gasteiger partial charge on any atom is -0.366 e. The summed E-state index contributed by atoms with van der Waals surface area (Å²) in [6, 6.07) is 0. The van der Waals surface area contributed by atoms with Gasteiger partial charge in [0, 0.05) is 0 Å². The van der Waals surface area contributed by atoms with Crippen LogP contribution in [0.1, 0.15) is 5.69 Å². The van der Waals surface area contributed by atoms with Gasteiger partial charge in [0.1, 0.15) is 4.60 Å². The molecule has 0 atom stereocenters. The first-order chi connectivity index (χ1) is 4.20. The van der Waals surface area contributed by atoms with Crippen LogP contribution in [0.2, 0.25) is 0 Å². The van der Waals surface area contributed by atoms with Gasteiger partial charge in [0.2, 0.25) is 5.95 Å². The van der Waals surface area contributed by atoms with E-state index in [0.29, 0.717) is 4.60 Å². The molecular formula is C4H5BrN4. The van der Waals surface area contributed by atoms with Crippen LogP contribution in [0, 0.1) is 6.92 Å². The van der Waals surface area contributed by atoms with E-state index in [1.165, 1.54) is 0 Å². The van der Waals surface area contributed by atoms with Crippen LogP contribution in [0.5, 0.6) is 0 Å². The summed E-state index contributed by atoms with van der Waals surface area (Å²) in [6.07, 6.45) is 0. The van der Waals surface area contributed by atoms with Crippen LogP contribution in [0.3, 0.4) is 0 Å². The average molecular weight is 189 g/mol. The molecule has 0 spiro atoms. The van der Waals surface area contributed by atoms with Crippen molar-refractivity contribution in [3.05, 3.63) is 10.3 Å². The van der Waals surface area contributed by atoms with Gasteiger partial charge in [0.05, 0.1) is 5.69 Å². The van der Waals surface area contributed by atoms with Gasteiger partial charge in [-0.15, -0.1) is 10.2 Å². The van der Waals surface area contributed by atoms with Crippen molar-refractivity contribution in [3.8, 4) is 0 Å². The molecule has 0 aliphatic heterocycles. The van der Waals surface area contributed by atoms with E-state index in [2.05, 4.69) is 31.1 Å². The largest absolute Gasteiger partial charge is 0.366 e. The van der Waals surface area contributed by atoms with E-state index in [9.17, 15) is 0 Å². The molecule has 0 aliphatic carbocycles. The highest BCUT2D eigenvalue weighted by molar-refractivity contribution is 9.10. The Morgan fingerprint density at radius 2 is 2.11 bits per heavy atom. The van der Waals surface area contributed by atoms with Crippen molar-refractivity contribution >= 4 is 21.9 Å². The summed E-state index contributed by atoms with van der Waals surface area (Å²) in [7, 11) is 0. The molecule has 0 saturated carbocycles. The Kier molecular flexibility index (Phi) is 1.61. The van der Waals surface area contributed by atoms with E-state index in [4.69, 9.17) is 5.73 Å². The van der Waals surface area contributed by atoms with Crippen LogP contribution in [0.4, 0.5) is 5.95 Å². The lowest BCUT2D eigenvalue weighted by atomic mass is 10.6. The highest BCUT2D eigenvalue weighted by Crippen LogP contribution is 2.08. The zero-order valence-corrected chi connectivity index (χ0v) is 6.38. The lowest BCUT2D eigenvalue weighted by molar-refractivity contribution is 0.923. The fraction of sp³-hybridized carbons (Fsp3) is 0.250. The molecule has 0 amide bonds. The third-order valence-corrected chi connectivity index (χ3v) is 1.56. The van der Waals surface area contributed by atoms with E-state index >= 15 is 0 Å². The summed E-state index contributed by atoms with van der Waals surface area (Å²) in [5.74, 6) is 0.187. The number of aromatic nitrogens is 3. The van der Waals surface area contributed by atoms with Crippen LogP contribution in [0.15, 0.2) is 4.60 Å². The number of anilines is 1. The molecule has 0 aliphatic rings. The topological polar surface area (TPSA) is 64.7 Å². The molecule has 0 saturated heterocycles. The average Bonchev–Trinajstić information content (AvgIpc) is 1.80. The van der Waals surface area contributed by atoms with Crippen molar-refractivity contribution in [3.63, 3.8) is 0 Å². The van der Waals surface area contributed by atoms with Crippen molar-refractivity contribution in [2.45, 2.75) is 6.92 Å². The Morgan fingerprint density at radius 1 is 1.44 bits per heavy atom. The summed E-state index contributed by atoms with van der Waals surface area (Å²) in [4.78, 5) is 3.79. The SMILES string of the molecule is Cc1nnc(N)nc1Br. The number of aryl methyl sites for hydroxylation is 1. The molecule has 1 heterocycles. The van der Waals surface area contributed by atoms with Crippen LogP contribution in [0.25, 0.3) is 0 Å². The van der Waals surface area contributed by atoms with Crippen molar-refractivity contribution in [1.82, 2.24) is 15.2 Å². The number of hydrogen-bond acceptors (Lipinski definition) is 4.